The summed E-state index contributed by atoms with van der Waals surface area (Å²) in [7, 11) is -8.70. The normalized spacial score (nSPS) is 22.3. The van der Waals surface area contributed by atoms with Crippen LogP contribution in [0.1, 0.15) is 77.6 Å². The van der Waals surface area contributed by atoms with E-state index in [0.717, 1.165) is 25.7 Å². The van der Waals surface area contributed by atoms with Crippen molar-refractivity contribution >= 4 is 22.9 Å². The van der Waals surface area contributed by atoms with E-state index in [4.69, 9.17) is 12.4 Å². The van der Waals surface area contributed by atoms with Crippen LogP contribution in [0, 0.1) is 0 Å². The first kappa shape index (κ1) is 30.1. The van der Waals surface area contributed by atoms with E-state index in [-0.39, 0.29) is 16.2 Å². The molecule has 3 rings (SSSR count). The van der Waals surface area contributed by atoms with Gasteiger partial charge in [-0.25, -0.2) is 0 Å². The Balaban J connectivity index is 1.70. The second kappa shape index (κ2) is 13.6. The molecule has 0 aliphatic carbocycles. The topological polar surface area (TPSA) is 130 Å². The molecule has 1 fully saturated rings. The molecular formula is C26H38NO7S2Ti. The van der Waals surface area contributed by atoms with Crippen molar-refractivity contribution in [1.82, 2.24) is 0 Å². The summed E-state index contributed by atoms with van der Waals surface area (Å²) in [5.41, 5.74) is 4.33. The van der Waals surface area contributed by atoms with E-state index in [2.05, 4.69) is 6.92 Å². The molecule has 205 valence electrons. The van der Waals surface area contributed by atoms with Crippen LogP contribution in [-0.4, -0.2) is 28.4 Å². The molecule has 0 radical (unpaired) electrons. The molecule has 0 spiro atoms. The van der Waals surface area contributed by atoms with Gasteiger partial charge >= 0.3 is 212 Å². The summed E-state index contributed by atoms with van der Waals surface area (Å²) >= 11 is -5.88. The van der Waals surface area contributed by atoms with Crippen LogP contribution in [0.4, 0.5) is 5.69 Å². The average molecular weight is 589 g/mol. The van der Waals surface area contributed by atoms with E-state index >= 15 is 0 Å². The van der Waals surface area contributed by atoms with Gasteiger partial charge in [-0.15, -0.1) is 0 Å². The summed E-state index contributed by atoms with van der Waals surface area (Å²) in [6.07, 6.45) is 10.0. The van der Waals surface area contributed by atoms with Crippen molar-refractivity contribution in [3.05, 3.63) is 54.6 Å². The van der Waals surface area contributed by atoms with Crippen molar-refractivity contribution in [2.75, 3.05) is 5.73 Å². The fourth-order valence-electron chi connectivity index (χ4n) is 4.44. The van der Waals surface area contributed by atoms with Crippen LogP contribution >= 0.6 is 0 Å². The van der Waals surface area contributed by atoms with Gasteiger partial charge in [0.25, 0.3) is 0 Å². The zero-order chi connectivity index (χ0) is 26.9. The van der Waals surface area contributed by atoms with Crippen LogP contribution in [0.2, 0.25) is 0 Å². The SMILES string of the molecule is CCCCCCCCCCCCC1[O][Ti](=[O])([S](=O)(=O)c2ccc(N)cc2)[O]C1S(=O)(=O)c1ccccc1. The monoisotopic (exact) mass is 588 g/mol. The molecule has 2 aromatic carbocycles. The molecule has 11 heteroatoms. The van der Waals surface area contributed by atoms with E-state index in [1.165, 1.54) is 68.5 Å². The number of hydrogen-bond donors (Lipinski definition) is 1. The number of rotatable bonds is 15. The van der Waals surface area contributed by atoms with Gasteiger partial charge in [-0.3, -0.25) is 0 Å². The van der Waals surface area contributed by atoms with Crippen LogP contribution in [0.3, 0.4) is 0 Å². The third-order valence-electron chi connectivity index (χ3n) is 6.60. The van der Waals surface area contributed by atoms with Gasteiger partial charge in [0.1, 0.15) is 0 Å². The zero-order valence-electron chi connectivity index (χ0n) is 21.4. The van der Waals surface area contributed by atoms with Crippen LogP contribution < -0.4 is 5.73 Å². The number of unbranched alkanes of at least 4 members (excludes halogenated alkanes) is 9. The minimum atomic E-state index is -5.88. The van der Waals surface area contributed by atoms with Crippen molar-refractivity contribution in [2.45, 2.75) is 98.9 Å². The maximum atomic E-state index is 13.6. The van der Waals surface area contributed by atoms with Gasteiger partial charge in [-0.2, -0.15) is 0 Å². The van der Waals surface area contributed by atoms with Crippen molar-refractivity contribution in [1.29, 1.82) is 0 Å². The van der Waals surface area contributed by atoms with Crippen molar-refractivity contribution in [3.8, 4) is 0 Å². The van der Waals surface area contributed by atoms with Gasteiger partial charge in [0, 0.05) is 0 Å². The predicted octanol–water partition coefficient (Wildman–Crippen LogP) is 5.81. The second-order valence-corrected chi connectivity index (χ2v) is 19.9. The van der Waals surface area contributed by atoms with Crippen molar-refractivity contribution in [3.63, 3.8) is 0 Å². The molecule has 1 saturated heterocycles. The summed E-state index contributed by atoms with van der Waals surface area (Å²) in [4.78, 5) is -0.305. The Bertz CT molecular complexity index is 1250. The number of nitrogens with two attached hydrogens (primary N) is 1. The molecule has 0 saturated carbocycles. The first-order valence-corrected chi connectivity index (χ1v) is 19.9. The fourth-order valence-corrected chi connectivity index (χ4v) is 14.4. The van der Waals surface area contributed by atoms with E-state index in [1.807, 2.05) is 0 Å². The summed E-state index contributed by atoms with van der Waals surface area (Å²) in [6.45, 7) is 2.20. The molecule has 0 aromatic heterocycles. The number of sulfone groups is 1. The summed E-state index contributed by atoms with van der Waals surface area (Å²) < 4.78 is 78.0. The molecule has 37 heavy (non-hydrogen) atoms. The Hall–Kier alpha value is -1.43. The fraction of sp³-hybridized carbons (Fsp3) is 0.538. The average Bonchev–Trinajstić information content (AvgIpc) is 3.25. The van der Waals surface area contributed by atoms with Crippen LogP contribution in [0.5, 0.6) is 0 Å². The molecular weight excluding hydrogens is 550 g/mol. The van der Waals surface area contributed by atoms with Crippen molar-refractivity contribution < 1.29 is 42.8 Å². The molecule has 3 unspecified atom stereocenters. The van der Waals surface area contributed by atoms with E-state index in [9.17, 15) is 20.2 Å². The molecule has 2 N–H and O–H groups in total. The third-order valence-corrected chi connectivity index (χ3v) is 17.1. The van der Waals surface area contributed by atoms with Crippen LogP contribution in [0.15, 0.2) is 64.4 Å². The molecule has 1 heterocycles. The van der Waals surface area contributed by atoms with Crippen LogP contribution in [0.25, 0.3) is 0 Å². The number of anilines is 1. The Morgan fingerprint density at radius 1 is 0.730 bits per heavy atom. The van der Waals surface area contributed by atoms with Gasteiger partial charge in [0.2, 0.25) is 0 Å². The number of benzene rings is 2. The van der Waals surface area contributed by atoms with E-state index < -0.39 is 44.8 Å². The Morgan fingerprint density at radius 3 is 1.84 bits per heavy atom. The Kier molecular flexibility index (Phi) is 11.1. The van der Waals surface area contributed by atoms with Gasteiger partial charge in [-0.05, 0) is 0 Å². The summed E-state index contributed by atoms with van der Waals surface area (Å²) in [5.74, 6) is 0. The first-order chi connectivity index (χ1) is 17.6. The van der Waals surface area contributed by atoms with Crippen molar-refractivity contribution in [2.24, 2.45) is 0 Å². The minimum absolute atomic E-state index is 0.0341. The quantitative estimate of drug-likeness (QED) is 0.157. The van der Waals surface area contributed by atoms with Gasteiger partial charge in [-0.1, -0.05) is 13.3 Å². The van der Waals surface area contributed by atoms with E-state index in [1.54, 1.807) is 18.2 Å². The second-order valence-electron chi connectivity index (χ2n) is 9.54. The number of hydrogen-bond acceptors (Lipinski definition) is 8. The third kappa shape index (κ3) is 7.58. The van der Waals surface area contributed by atoms with E-state index in [0.29, 0.717) is 12.1 Å². The molecule has 0 amide bonds. The molecule has 1 aliphatic rings. The molecule has 1 aliphatic heterocycles. The maximum absolute atomic E-state index is 13.6. The molecule has 2 aromatic rings. The predicted molar refractivity (Wildman–Crippen MR) is 139 cm³/mol. The summed E-state index contributed by atoms with van der Waals surface area (Å²) in [6, 6.07) is 12.8. The Labute approximate surface area is 224 Å². The number of nitrogen functional groups attached to an aromatic ring is 1. The molecule has 8 nitrogen and oxygen atoms in total. The van der Waals surface area contributed by atoms with Gasteiger partial charge < -0.3 is 0 Å². The first-order valence-electron chi connectivity index (χ1n) is 13.1. The molecule has 3 atom stereocenters. The standard InChI is InChI=1S/C20H32O4S.C6H6NO2S.O.Ti/c1-2-3-4-5-6-7-8-9-10-14-17-19(21)20(22)25(23,24)18-15-12-11-13-16-18;7-5-1-3-6(4-2-5)10(8)9;;/h11-13,15-16,19-20H,2-10,14,17H2,1H3;1-4H,7H2;;/q-2;;;+2. The molecule has 0 bridgehead atoms. The summed E-state index contributed by atoms with van der Waals surface area (Å²) in [5, 5.41) is 0. The Morgan fingerprint density at radius 2 is 1.27 bits per heavy atom. The van der Waals surface area contributed by atoms with Gasteiger partial charge in [0.15, 0.2) is 0 Å². The van der Waals surface area contributed by atoms with Gasteiger partial charge in [0.05, 0.1) is 0 Å². The van der Waals surface area contributed by atoms with Crippen LogP contribution in [-0.2, 0) is 43.3 Å². The zero-order valence-corrected chi connectivity index (χ0v) is 24.6.